The van der Waals surface area contributed by atoms with Crippen LogP contribution in [0.5, 0.6) is 0 Å². The van der Waals surface area contributed by atoms with Crippen molar-refractivity contribution in [2.75, 3.05) is 6.54 Å². The van der Waals surface area contributed by atoms with Crippen LogP contribution in [0.25, 0.3) is 0 Å². The smallest absolute Gasteiger partial charge is 0.228 e. The van der Waals surface area contributed by atoms with E-state index in [4.69, 9.17) is 17.3 Å². The maximum absolute atomic E-state index is 12.8. The minimum absolute atomic E-state index is 0. The Kier molecular flexibility index (Phi) is 5.40. The molecule has 1 heterocycles. The van der Waals surface area contributed by atoms with Crippen LogP contribution in [0.1, 0.15) is 5.56 Å². The summed E-state index contributed by atoms with van der Waals surface area (Å²) in [6.45, 7) is 0.186. The number of hydrogen-bond acceptors (Lipinski definition) is 2. The predicted octanol–water partition coefficient (Wildman–Crippen LogP) is 1.61. The Hall–Kier alpha value is -0.820. The number of aromatic nitrogens is 1. The van der Waals surface area contributed by atoms with E-state index in [1.165, 1.54) is 12.3 Å². The van der Waals surface area contributed by atoms with Crippen LogP contribution in [0.3, 0.4) is 0 Å². The van der Waals surface area contributed by atoms with E-state index in [0.29, 0.717) is 5.02 Å². The number of halogens is 3. The van der Waals surface area contributed by atoms with Gasteiger partial charge in [-0.2, -0.15) is 4.39 Å². The van der Waals surface area contributed by atoms with E-state index in [1.54, 1.807) is 0 Å². The molecule has 0 unspecified atom stereocenters. The maximum Gasteiger partial charge on any atom is 0.228 e. The lowest BCUT2D eigenvalue weighted by molar-refractivity contribution is 0.580. The van der Waals surface area contributed by atoms with Crippen molar-refractivity contribution in [3.05, 3.63) is 28.8 Å². The second-order valence-electron chi connectivity index (χ2n) is 2.00. The van der Waals surface area contributed by atoms with Gasteiger partial charge in [0.1, 0.15) is 0 Å². The van der Waals surface area contributed by atoms with Gasteiger partial charge in [-0.25, -0.2) is 4.98 Å². The number of hydrogen-bond donors (Lipinski definition) is 1. The van der Waals surface area contributed by atoms with Gasteiger partial charge in [-0.15, -0.1) is 12.4 Å². The number of nitrogens with zero attached hydrogens (tertiary/aromatic N) is 1. The van der Waals surface area contributed by atoms with Crippen LogP contribution >= 0.6 is 24.0 Å². The first kappa shape index (κ1) is 12.2. The molecule has 1 aromatic heterocycles. The van der Waals surface area contributed by atoms with Gasteiger partial charge in [0.25, 0.3) is 0 Å². The zero-order valence-corrected chi connectivity index (χ0v) is 8.12. The van der Waals surface area contributed by atoms with Gasteiger partial charge in [0.15, 0.2) is 0 Å². The predicted molar refractivity (Wildman–Crippen MR) is 52.4 cm³/mol. The van der Waals surface area contributed by atoms with Crippen LogP contribution in [-0.4, -0.2) is 11.5 Å². The summed E-state index contributed by atoms with van der Waals surface area (Å²) in [5.74, 6) is 4.40. The molecule has 0 spiro atoms. The molecule has 0 aliphatic heterocycles. The monoisotopic (exact) mass is 220 g/mol. The average Bonchev–Trinajstić information content (AvgIpc) is 2.07. The Morgan fingerprint density at radius 1 is 1.62 bits per heavy atom. The SMILES string of the molecule is Cl.NCC#Cc1cc(Cl)cnc1F. The minimum Gasteiger partial charge on any atom is -0.320 e. The Balaban J connectivity index is 0.00000144. The Labute approximate surface area is 86.7 Å². The van der Waals surface area contributed by atoms with Gasteiger partial charge in [-0.3, -0.25) is 0 Å². The van der Waals surface area contributed by atoms with E-state index in [1.807, 2.05) is 0 Å². The topological polar surface area (TPSA) is 38.9 Å². The van der Waals surface area contributed by atoms with E-state index in [-0.39, 0.29) is 24.5 Å². The second kappa shape index (κ2) is 5.76. The fraction of sp³-hybridized carbons (Fsp3) is 0.125. The van der Waals surface area contributed by atoms with E-state index >= 15 is 0 Å². The number of rotatable bonds is 0. The van der Waals surface area contributed by atoms with Gasteiger partial charge in [0, 0.05) is 6.20 Å². The van der Waals surface area contributed by atoms with Crippen molar-refractivity contribution in [2.24, 2.45) is 5.73 Å². The van der Waals surface area contributed by atoms with Crippen molar-refractivity contribution >= 4 is 24.0 Å². The van der Waals surface area contributed by atoms with Crippen molar-refractivity contribution in [3.8, 4) is 11.8 Å². The molecule has 0 radical (unpaired) electrons. The quantitative estimate of drug-likeness (QED) is 0.533. The summed E-state index contributed by atoms with van der Waals surface area (Å²) in [6, 6.07) is 1.41. The standard InChI is InChI=1S/C8H6ClFN2.ClH/c9-7-4-6(2-1-3-11)8(10)12-5-7;/h4-5H,3,11H2;1H. The van der Waals surface area contributed by atoms with Crippen molar-refractivity contribution < 1.29 is 4.39 Å². The third kappa shape index (κ3) is 3.60. The zero-order valence-electron chi connectivity index (χ0n) is 6.55. The summed E-state index contributed by atoms with van der Waals surface area (Å²) >= 11 is 5.57. The van der Waals surface area contributed by atoms with E-state index in [2.05, 4.69) is 16.8 Å². The van der Waals surface area contributed by atoms with Crippen molar-refractivity contribution in [3.63, 3.8) is 0 Å². The van der Waals surface area contributed by atoms with Crippen molar-refractivity contribution in [1.82, 2.24) is 4.98 Å². The molecule has 0 aliphatic rings. The molecular formula is C8H7Cl2FN2. The van der Waals surface area contributed by atoms with Gasteiger partial charge in [0.2, 0.25) is 5.95 Å². The lowest BCUT2D eigenvalue weighted by Gasteiger charge is -1.92. The number of pyridine rings is 1. The normalized spacial score (nSPS) is 8.23. The highest BCUT2D eigenvalue weighted by Gasteiger charge is 1.99. The van der Waals surface area contributed by atoms with Crippen LogP contribution in [0.4, 0.5) is 4.39 Å². The molecule has 0 atom stereocenters. The molecule has 0 saturated carbocycles. The highest BCUT2D eigenvalue weighted by atomic mass is 35.5. The van der Waals surface area contributed by atoms with Gasteiger partial charge < -0.3 is 5.73 Å². The molecule has 5 heteroatoms. The van der Waals surface area contributed by atoms with E-state index in [0.717, 1.165) is 0 Å². The Morgan fingerprint density at radius 2 is 2.31 bits per heavy atom. The molecular weight excluding hydrogens is 214 g/mol. The summed E-state index contributed by atoms with van der Waals surface area (Å²) in [4.78, 5) is 3.39. The van der Waals surface area contributed by atoms with Gasteiger partial charge in [-0.05, 0) is 6.07 Å². The fourth-order valence-electron chi connectivity index (χ4n) is 0.657. The van der Waals surface area contributed by atoms with Gasteiger partial charge >= 0.3 is 0 Å². The third-order valence-corrected chi connectivity index (χ3v) is 1.34. The Bertz CT molecular complexity index is 344. The molecule has 2 N–H and O–H groups in total. The molecule has 0 aliphatic carbocycles. The minimum atomic E-state index is -0.625. The first-order valence-electron chi connectivity index (χ1n) is 3.24. The summed E-state index contributed by atoms with van der Waals surface area (Å²) in [5.41, 5.74) is 5.29. The van der Waals surface area contributed by atoms with Crippen LogP contribution in [0.2, 0.25) is 5.02 Å². The molecule has 0 fully saturated rings. The number of nitrogens with two attached hydrogens (primary N) is 1. The summed E-state index contributed by atoms with van der Waals surface area (Å²) in [6.07, 6.45) is 1.23. The molecule has 13 heavy (non-hydrogen) atoms. The molecule has 2 nitrogen and oxygen atoms in total. The molecule has 0 amide bonds. The third-order valence-electron chi connectivity index (χ3n) is 1.13. The molecule has 1 rings (SSSR count). The van der Waals surface area contributed by atoms with Gasteiger partial charge in [0.05, 0.1) is 17.1 Å². The van der Waals surface area contributed by atoms with Crippen molar-refractivity contribution in [1.29, 1.82) is 0 Å². The zero-order chi connectivity index (χ0) is 8.97. The molecule has 70 valence electrons. The van der Waals surface area contributed by atoms with Crippen LogP contribution in [0, 0.1) is 17.8 Å². The van der Waals surface area contributed by atoms with Crippen LogP contribution < -0.4 is 5.73 Å². The largest absolute Gasteiger partial charge is 0.320 e. The molecule has 0 aromatic carbocycles. The first-order chi connectivity index (χ1) is 5.74. The van der Waals surface area contributed by atoms with Crippen LogP contribution in [0.15, 0.2) is 12.3 Å². The first-order valence-corrected chi connectivity index (χ1v) is 3.62. The molecule has 1 aromatic rings. The highest BCUT2D eigenvalue weighted by molar-refractivity contribution is 6.30. The van der Waals surface area contributed by atoms with E-state index in [9.17, 15) is 4.39 Å². The molecule has 0 saturated heterocycles. The van der Waals surface area contributed by atoms with E-state index < -0.39 is 5.95 Å². The average molecular weight is 221 g/mol. The maximum atomic E-state index is 12.8. The van der Waals surface area contributed by atoms with Gasteiger partial charge in [-0.1, -0.05) is 23.4 Å². The summed E-state index contributed by atoms with van der Waals surface area (Å²) in [7, 11) is 0. The highest BCUT2D eigenvalue weighted by Crippen LogP contribution is 2.10. The lowest BCUT2D eigenvalue weighted by atomic mass is 10.3. The second-order valence-corrected chi connectivity index (χ2v) is 2.43. The summed E-state index contributed by atoms with van der Waals surface area (Å²) < 4.78 is 12.8. The van der Waals surface area contributed by atoms with Crippen molar-refractivity contribution in [2.45, 2.75) is 0 Å². The molecule has 0 bridgehead atoms. The van der Waals surface area contributed by atoms with Crippen LogP contribution in [-0.2, 0) is 0 Å². The Morgan fingerprint density at radius 3 is 2.92 bits per heavy atom. The lowest BCUT2D eigenvalue weighted by Crippen LogP contribution is -1.94. The fourth-order valence-corrected chi connectivity index (χ4v) is 0.814. The summed E-state index contributed by atoms with van der Waals surface area (Å²) in [5, 5.41) is 0.359.